The number of hydrogen-bond acceptors (Lipinski definition) is 4. The van der Waals surface area contributed by atoms with Crippen LogP contribution >= 0.6 is 0 Å². The van der Waals surface area contributed by atoms with E-state index in [0.717, 1.165) is 38.4 Å². The van der Waals surface area contributed by atoms with Gasteiger partial charge in [-0.3, -0.25) is 0 Å². The lowest BCUT2D eigenvalue weighted by atomic mass is 9.96. The van der Waals surface area contributed by atoms with Gasteiger partial charge in [-0.1, -0.05) is 6.07 Å². The minimum absolute atomic E-state index is 0.208. The normalized spacial score (nSPS) is 25.3. The van der Waals surface area contributed by atoms with E-state index in [0.29, 0.717) is 0 Å². The average molecular weight is 220 g/mol. The minimum atomic E-state index is 0.208. The third-order valence-electron chi connectivity index (χ3n) is 3.02. The molecule has 1 atom stereocenters. The number of rotatable bonds is 4. The molecule has 1 aromatic rings. The summed E-state index contributed by atoms with van der Waals surface area (Å²) in [6.45, 7) is 6.38. The predicted octanol–water partition coefficient (Wildman–Crippen LogP) is 0.835. The molecule has 0 aromatic carbocycles. The van der Waals surface area contributed by atoms with E-state index in [1.54, 1.807) is 0 Å². The summed E-state index contributed by atoms with van der Waals surface area (Å²) < 4.78 is 0. The van der Waals surface area contributed by atoms with Crippen molar-refractivity contribution in [1.82, 2.24) is 15.6 Å². The van der Waals surface area contributed by atoms with Gasteiger partial charge in [0.05, 0.1) is 0 Å². The third kappa shape index (κ3) is 3.18. The molecule has 4 nitrogen and oxygen atoms in total. The maximum Gasteiger partial charge on any atom is 0.125 e. The van der Waals surface area contributed by atoms with Gasteiger partial charge in [0.2, 0.25) is 0 Å². The summed E-state index contributed by atoms with van der Waals surface area (Å²) in [5, 5.41) is 10.3. The van der Waals surface area contributed by atoms with Crippen molar-refractivity contribution in [1.29, 1.82) is 0 Å². The van der Waals surface area contributed by atoms with Gasteiger partial charge in [0, 0.05) is 37.9 Å². The first-order chi connectivity index (χ1) is 7.79. The van der Waals surface area contributed by atoms with Crippen LogP contribution in [0.5, 0.6) is 0 Å². The van der Waals surface area contributed by atoms with E-state index in [1.807, 2.05) is 24.4 Å². The van der Waals surface area contributed by atoms with Gasteiger partial charge in [0.25, 0.3) is 0 Å². The Morgan fingerprint density at radius 3 is 3.06 bits per heavy atom. The second-order valence-corrected chi connectivity index (χ2v) is 4.56. The van der Waals surface area contributed by atoms with Gasteiger partial charge in [-0.25, -0.2) is 4.98 Å². The van der Waals surface area contributed by atoms with Crippen LogP contribution in [0.4, 0.5) is 5.82 Å². The van der Waals surface area contributed by atoms with Crippen molar-refractivity contribution in [3.63, 3.8) is 0 Å². The fraction of sp³-hybridized carbons (Fsp3) is 0.583. The van der Waals surface area contributed by atoms with Crippen LogP contribution in [0.3, 0.4) is 0 Å². The molecule has 2 heterocycles. The molecule has 1 saturated heterocycles. The monoisotopic (exact) mass is 220 g/mol. The van der Waals surface area contributed by atoms with E-state index < -0.39 is 0 Å². The van der Waals surface area contributed by atoms with Crippen LogP contribution in [0.25, 0.3) is 0 Å². The maximum absolute atomic E-state index is 4.24. The zero-order chi connectivity index (χ0) is 11.3. The van der Waals surface area contributed by atoms with E-state index in [1.165, 1.54) is 0 Å². The summed E-state index contributed by atoms with van der Waals surface area (Å²) in [7, 11) is 0. The Bertz CT molecular complexity index is 306. The molecule has 3 N–H and O–H groups in total. The lowest BCUT2D eigenvalue weighted by Gasteiger charge is -2.35. The van der Waals surface area contributed by atoms with Crippen LogP contribution < -0.4 is 16.0 Å². The van der Waals surface area contributed by atoms with Crippen molar-refractivity contribution >= 4 is 5.82 Å². The van der Waals surface area contributed by atoms with Crippen LogP contribution in [0.1, 0.15) is 13.3 Å². The Hall–Kier alpha value is -1.13. The molecule has 0 spiro atoms. The van der Waals surface area contributed by atoms with E-state index in [9.17, 15) is 0 Å². The zero-order valence-corrected chi connectivity index (χ0v) is 9.79. The maximum atomic E-state index is 4.24. The Kier molecular flexibility index (Phi) is 3.74. The smallest absolute Gasteiger partial charge is 0.125 e. The van der Waals surface area contributed by atoms with Gasteiger partial charge in [0.1, 0.15) is 5.82 Å². The first-order valence-electron chi connectivity index (χ1n) is 5.89. The molecule has 1 aliphatic heterocycles. The molecule has 4 heteroatoms. The molecule has 16 heavy (non-hydrogen) atoms. The van der Waals surface area contributed by atoms with Crippen LogP contribution in [-0.2, 0) is 0 Å². The van der Waals surface area contributed by atoms with Gasteiger partial charge in [-0.05, 0) is 25.5 Å². The Balaban J connectivity index is 1.75. The van der Waals surface area contributed by atoms with E-state index in [2.05, 4.69) is 27.9 Å². The quantitative estimate of drug-likeness (QED) is 0.703. The van der Waals surface area contributed by atoms with Crippen molar-refractivity contribution in [3.05, 3.63) is 24.4 Å². The first-order valence-corrected chi connectivity index (χ1v) is 5.89. The third-order valence-corrected chi connectivity index (χ3v) is 3.02. The standard InChI is InChI=1S/C12H20N4/c1-12(10-13-8-9-16-12)5-7-15-11-4-2-3-6-14-11/h2-4,6,13,16H,5,7-10H2,1H3,(H,14,15). The fourth-order valence-electron chi connectivity index (χ4n) is 1.99. The second kappa shape index (κ2) is 5.27. The lowest BCUT2D eigenvalue weighted by molar-refractivity contribution is 0.284. The molecule has 1 aliphatic rings. The highest BCUT2D eigenvalue weighted by atomic mass is 15.1. The highest BCUT2D eigenvalue weighted by molar-refractivity contribution is 5.32. The number of aromatic nitrogens is 1. The first kappa shape index (κ1) is 11.4. The summed E-state index contributed by atoms with van der Waals surface area (Å²) in [6.07, 6.45) is 2.90. The van der Waals surface area contributed by atoms with Crippen molar-refractivity contribution in [3.8, 4) is 0 Å². The molecular formula is C12H20N4. The summed E-state index contributed by atoms with van der Waals surface area (Å²) in [5.41, 5.74) is 0.208. The number of piperazine rings is 1. The van der Waals surface area contributed by atoms with Crippen LogP contribution in [0, 0.1) is 0 Å². The minimum Gasteiger partial charge on any atom is -0.370 e. The zero-order valence-electron chi connectivity index (χ0n) is 9.79. The van der Waals surface area contributed by atoms with Gasteiger partial charge < -0.3 is 16.0 Å². The molecule has 0 amide bonds. The molecule has 0 bridgehead atoms. The largest absolute Gasteiger partial charge is 0.370 e. The van der Waals surface area contributed by atoms with Crippen LogP contribution in [0.2, 0.25) is 0 Å². The molecule has 0 saturated carbocycles. The SMILES string of the molecule is CC1(CCNc2ccccn2)CNCCN1. The molecule has 1 aromatic heterocycles. The number of nitrogens with zero attached hydrogens (tertiary/aromatic N) is 1. The van der Waals surface area contributed by atoms with Crippen LogP contribution in [0.15, 0.2) is 24.4 Å². The fourth-order valence-corrected chi connectivity index (χ4v) is 1.99. The number of nitrogens with one attached hydrogen (secondary N) is 3. The van der Waals surface area contributed by atoms with E-state index >= 15 is 0 Å². The molecule has 88 valence electrons. The van der Waals surface area contributed by atoms with Gasteiger partial charge >= 0.3 is 0 Å². The average Bonchev–Trinajstić information content (AvgIpc) is 2.31. The van der Waals surface area contributed by atoms with Gasteiger partial charge in [-0.15, -0.1) is 0 Å². The molecule has 0 radical (unpaired) electrons. The van der Waals surface area contributed by atoms with E-state index in [4.69, 9.17) is 0 Å². The Morgan fingerprint density at radius 2 is 2.38 bits per heavy atom. The Labute approximate surface area is 96.8 Å². The summed E-state index contributed by atoms with van der Waals surface area (Å²) >= 11 is 0. The highest BCUT2D eigenvalue weighted by Crippen LogP contribution is 2.11. The van der Waals surface area contributed by atoms with Crippen molar-refractivity contribution in [2.24, 2.45) is 0 Å². The highest BCUT2D eigenvalue weighted by Gasteiger charge is 2.25. The second-order valence-electron chi connectivity index (χ2n) is 4.56. The van der Waals surface area contributed by atoms with Crippen molar-refractivity contribution in [2.75, 3.05) is 31.5 Å². The number of pyridine rings is 1. The van der Waals surface area contributed by atoms with Crippen molar-refractivity contribution in [2.45, 2.75) is 18.9 Å². The lowest BCUT2D eigenvalue weighted by Crippen LogP contribution is -2.57. The molecule has 0 aliphatic carbocycles. The molecule has 1 unspecified atom stereocenters. The van der Waals surface area contributed by atoms with Gasteiger partial charge in [-0.2, -0.15) is 0 Å². The molecular weight excluding hydrogens is 200 g/mol. The van der Waals surface area contributed by atoms with E-state index in [-0.39, 0.29) is 5.54 Å². The summed E-state index contributed by atoms with van der Waals surface area (Å²) in [4.78, 5) is 4.24. The van der Waals surface area contributed by atoms with Crippen molar-refractivity contribution < 1.29 is 0 Å². The van der Waals surface area contributed by atoms with Gasteiger partial charge in [0.15, 0.2) is 0 Å². The number of anilines is 1. The molecule has 2 rings (SSSR count). The predicted molar refractivity (Wildman–Crippen MR) is 66.6 cm³/mol. The summed E-state index contributed by atoms with van der Waals surface area (Å²) in [5.74, 6) is 0.954. The number of hydrogen-bond donors (Lipinski definition) is 3. The van der Waals surface area contributed by atoms with Crippen LogP contribution in [-0.4, -0.2) is 36.7 Å². The topological polar surface area (TPSA) is 49.0 Å². The summed E-state index contributed by atoms with van der Waals surface area (Å²) in [6, 6.07) is 5.92. The Morgan fingerprint density at radius 1 is 1.44 bits per heavy atom. The molecule has 1 fully saturated rings.